The van der Waals surface area contributed by atoms with Gasteiger partial charge in [-0.3, -0.25) is 9.78 Å². The molecule has 0 aliphatic carbocycles. The van der Waals surface area contributed by atoms with Gasteiger partial charge in [-0.25, -0.2) is 9.37 Å². The number of hydrogen-bond acceptors (Lipinski definition) is 6. The third-order valence-electron chi connectivity index (χ3n) is 4.02. The number of amides is 1. The Hall–Kier alpha value is -3.28. The summed E-state index contributed by atoms with van der Waals surface area (Å²) < 4.78 is 13.2. The van der Waals surface area contributed by atoms with Crippen LogP contribution in [0, 0.1) is 17.1 Å². The topological polar surface area (TPSA) is 91.0 Å². The van der Waals surface area contributed by atoms with Crippen LogP contribution in [0.1, 0.15) is 16.8 Å². The van der Waals surface area contributed by atoms with E-state index in [4.69, 9.17) is 16.9 Å². The number of nitrogens with one attached hydrogen (secondary N) is 1. The highest BCUT2D eigenvalue weighted by Gasteiger charge is 2.22. The molecule has 1 aliphatic heterocycles. The number of thioether (sulfide) groups is 1. The number of nitrogens with zero attached hydrogens (tertiary/aromatic N) is 4. The maximum absolute atomic E-state index is 13.2. The number of aliphatic imine (C=N–C) groups is 1. The monoisotopic (exact) mass is 423 g/mol. The van der Waals surface area contributed by atoms with Gasteiger partial charge in [0.1, 0.15) is 11.9 Å². The fourth-order valence-electron chi connectivity index (χ4n) is 2.61. The van der Waals surface area contributed by atoms with Crippen molar-refractivity contribution in [3.63, 3.8) is 0 Å². The molecule has 9 heteroatoms. The summed E-state index contributed by atoms with van der Waals surface area (Å²) in [7, 11) is 0. The molecule has 2 aromatic heterocycles. The van der Waals surface area contributed by atoms with Gasteiger partial charge < -0.3 is 5.32 Å². The Balaban J connectivity index is 1.48. The molecule has 0 spiro atoms. The first-order valence-electron chi connectivity index (χ1n) is 8.39. The predicted molar refractivity (Wildman–Crippen MR) is 111 cm³/mol. The summed E-state index contributed by atoms with van der Waals surface area (Å²) in [6.45, 7) is 0.350. The van der Waals surface area contributed by atoms with Crippen molar-refractivity contribution in [2.75, 3.05) is 0 Å². The minimum absolute atomic E-state index is 0.0402. The zero-order valence-electron chi connectivity index (χ0n) is 14.7. The summed E-state index contributed by atoms with van der Waals surface area (Å²) >= 11 is 6.96. The fraction of sp³-hybridized carbons (Fsp3) is 0.0500. The van der Waals surface area contributed by atoms with Gasteiger partial charge >= 0.3 is 0 Å². The molecule has 0 bridgehead atoms. The van der Waals surface area contributed by atoms with Crippen LogP contribution in [0.5, 0.6) is 0 Å². The molecule has 0 saturated carbocycles. The summed E-state index contributed by atoms with van der Waals surface area (Å²) in [6.07, 6.45) is 3.12. The zero-order chi connectivity index (χ0) is 20.4. The van der Waals surface area contributed by atoms with E-state index in [1.807, 2.05) is 6.07 Å². The van der Waals surface area contributed by atoms with Crippen LogP contribution in [0.3, 0.4) is 0 Å². The molecule has 0 unspecified atom stereocenters. The number of amidine groups is 1. The molecule has 1 N–H and O–H groups in total. The first-order valence-corrected chi connectivity index (χ1v) is 9.58. The predicted octanol–water partition coefficient (Wildman–Crippen LogP) is 4.05. The van der Waals surface area contributed by atoms with E-state index in [2.05, 4.69) is 20.3 Å². The Morgan fingerprint density at radius 2 is 2.10 bits per heavy atom. The fourth-order valence-corrected chi connectivity index (χ4v) is 3.61. The molecule has 1 aromatic carbocycles. The average molecular weight is 424 g/mol. The molecule has 0 saturated heterocycles. The number of carbonyl (C=O) groups is 1. The van der Waals surface area contributed by atoms with Crippen LogP contribution in [-0.2, 0) is 11.3 Å². The SMILES string of the molecule is N#Cc1cnc2ccc(/C=C3\SC(NCc4ccc(F)c(Cl)c4)=NC3=O)nc2c1. The molecular weight excluding hydrogens is 413 g/mol. The van der Waals surface area contributed by atoms with Crippen molar-refractivity contribution < 1.29 is 9.18 Å². The maximum atomic E-state index is 13.2. The van der Waals surface area contributed by atoms with E-state index < -0.39 is 5.82 Å². The van der Waals surface area contributed by atoms with E-state index in [0.717, 1.165) is 5.56 Å². The normalized spacial score (nSPS) is 14.9. The van der Waals surface area contributed by atoms with E-state index in [0.29, 0.717) is 38.9 Å². The van der Waals surface area contributed by atoms with Crippen molar-refractivity contribution >= 4 is 51.5 Å². The lowest BCUT2D eigenvalue weighted by molar-refractivity contribution is -0.113. The second kappa shape index (κ2) is 7.99. The summed E-state index contributed by atoms with van der Waals surface area (Å²) in [5.41, 5.74) is 2.97. The van der Waals surface area contributed by atoms with Gasteiger partial charge in [0, 0.05) is 12.7 Å². The number of carbonyl (C=O) groups excluding carboxylic acids is 1. The summed E-state index contributed by atoms with van der Waals surface area (Å²) in [4.78, 5) is 25.2. The average Bonchev–Trinajstić information content (AvgIpc) is 3.07. The molecule has 0 atom stereocenters. The molecule has 6 nitrogen and oxygen atoms in total. The summed E-state index contributed by atoms with van der Waals surface area (Å²) in [6, 6.07) is 11.6. The number of nitriles is 1. The Morgan fingerprint density at radius 1 is 1.24 bits per heavy atom. The van der Waals surface area contributed by atoms with Crippen LogP contribution in [0.4, 0.5) is 4.39 Å². The van der Waals surface area contributed by atoms with E-state index in [-0.39, 0.29) is 10.9 Å². The highest BCUT2D eigenvalue weighted by atomic mass is 35.5. The van der Waals surface area contributed by atoms with E-state index in [1.165, 1.54) is 30.1 Å². The van der Waals surface area contributed by atoms with Crippen LogP contribution in [-0.4, -0.2) is 21.0 Å². The van der Waals surface area contributed by atoms with Gasteiger partial charge in [-0.2, -0.15) is 10.3 Å². The summed E-state index contributed by atoms with van der Waals surface area (Å²) in [5, 5.41) is 12.5. The van der Waals surface area contributed by atoms with Gasteiger partial charge in [0.25, 0.3) is 5.91 Å². The minimum atomic E-state index is -0.483. The Labute approximate surface area is 174 Å². The van der Waals surface area contributed by atoms with E-state index in [1.54, 1.807) is 30.3 Å². The van der Waals surface area contributed by atoms with Crippen molar-refractivity contribution in [3.05, 3.63) is 75.2 Å². The van der Waals surface area contributed by atoms with Crippen molar-refractivity contribution in [2.45, 2.75) is 6.54 Å². The van der Waals surface area contributed by atoms with E-state index >= 15 is 0 Å². The lowest BCUT2D eigenvalue weighted by Gasteiger charge is -2.05. The minimum Gasteiger partial charge on any atom is -0.360 e. The lowest BCUT2D eigenvalue weighted by atomic mass is 10.2. The molecular formula is C20H11ClFN5OS. The second-order valence-electron chi connectivity index (χ2n) is 6.04. The van der Waals surface area contributed by atoms with Crippen molar-refractivity contribution in [1.29, 1.82) is 5.26 Å². The number of pyridine rings is 2. The first-order chi connectivity index (χ1) is 14.0. The molecule has 1 aliphatic rings. The Kier molecular flexibility index (Phi) is 5.25. The van der Waals surface area contributed by atoms with Crippen LogP contribution in [0.25, 0.3) is 17.1 Å². The van der Waals surface area contributed by atoms with Gasteiger partial charge in [-0.15, -0.1) is 0 Å². The number of benzene rings is 1. The smallest absolute Gasteiger partial charge is 0.286 e. The Morgan fingerprint density at radius 3 is 2.90 bits per heavy atom. The first kappa shape index (κ1) is 19.1. The molecule has 0 radical (unpaired) electrons. The van der Waals surface area contributed by atoms with Gasteiger partial charge in [0.2, 0.25) is 0 Å². The molecule has 142 valence electrons. The molecule has 3 aromatic rings. The number of aromatic nitrogens is 2. The molecule has 0 fully saturated rings. The van der Waals surface area contributed by atoms with Gasteiger partial charge in [0.05, 0.1) is 32.2 Å². The van der Waals surface area contributed by atoms with Crippen molar-refractivity contribution in [1.82, 2.24) is 15.3 Å². The molecule has 29 heavy (non-hydrogen) atoms. The van der Waals surface area contributed by atoms with Gasteiger partial charge in [0.15, 0.2) is 5.17 Å². The van der Waals surface area contributed by atoms with Crippen molar-refractivity contribution in [2.24, 2.45) is 4.99 Å². The quantitative estimate of drug-likeness (QED) is 0.639. The maximum Gasteiger partial charge on any atom is 0.286 e. The van der Waals surface area contributed by atoms with Gasteiger partial charge in [-0.1, -0.05) is 17.7 Å². The third-order valence-corrected chi connectivity index (χ3v) is 5.25. The molecule has 1 amide bonds. The van der Waals surface area contributed by atoms with Crippen LogP contribution in [0.2, 0.25) is 5.02 Å². The van der Waals surface area contributed by atoms with Crippen molar-refractivity contribution in [3.8, 4) is 6.07 Å². The highest BCUT2D eigenvalue weighted by Crippen LogP contribution is 2.28. The number of rotatable bonds is 3. The highest BCUT2D eigenvalue weighted by molar-refractivity contribution is 8.18. The number of hydrogen-bond donors (Lipinski definition) is 1. The third kappa shape index (κ3) is 4.26. The standard InChI is InChI=1S/C20H11ClFN5OS/c21-14-5-11(1-3-15(14)22)9-25-20-27-19(28)18(29-20)7-13-2-4-16-17(26-13)6-12(8-23)10-24-16/h1-7,10H,9H2,(H,25,27,28)/b18-7-. The summed E-state index contributed by atoms with van der Waals surface area (Å²) in [5.74, 6) is -0.858. The number of fused-ring (bicyclic) bond motifs is 1. The molecule has 3 heterocycles. The van der Waals surface area contributed by atoms with Crippen LogP contribution < -0.4 is 5.32 Å². The van der Waals surface area contributed by atoms with Crippen LogP contribution in [0.15, 0.2) is 52.5 Å². The largest absolute Gasteiger partial charge is 0.360 e. The lowest BCUT2D eigenvalue weighted by Crippen LogP contribution is -2.18. The van der Waals surface area contributed by atoms with E-state index in [9.17, 15) is 9.18 Å². The zero-order valence-corrected chi connectivity index (χ0v) is 16.3. The second-order valence-corrected chi connectivity index (χ2v) is 7.48. The van der Waals surface area contributed by atoms with Gasteiger partial charge in [-0.05, 0) is 53.7 Å². The Bertz CT molecular complexity index is 1250. The molecule has 4 rings (SSSR count). The van der Waals surface area contributed by atoms with Crippen LogP contribution >= 0.6 is 23.4 Å². The number of halogens is 2.